The van der Waals surface area contributed by atoms with Gasteiger partial charge >= 0.3 is 0 Å². The normalized spacial score (nSPS) is 11.6. The Balaban J connectivity index is 2.87. The Morgan fingerprint density at radius 2 is 2.29 bits per heavy atom. The highest BCUT2D eigenvalue weighted by atomic mass is 79.9. The van der Waals surface area contributed by atoms with Crippen molar-refractivity contribution in [1.82, 2.24) is 4.98 Å². The lowest BCUT2D eigenvalue weighted by Gasteiger charge is -2.05. The minimum absolute atomic E-state index is 0.119. The van der Waals surface area contributed by atoms with E-state index in [1.165, 1.54) is 6.20 Å². The monoisotopic (exact) mass is 299 g/mol. The largest absolute Gasteiger partial charge is 0.265 e. The molecule has 4 nitrogen and oxygen atoms in total. The molecule has 0 aliphatic rings. The van der Waals surface area contributed by atoms with Crippen LogP contribution in [0.25, 0.3) is 0 Å². The van der Waals surface area contributed by atoms with Crippen LogP contribution in [0.2, 0.25) is 5.02 Å². The van der Waals surface area contributed by atoms with E-state index in [9.17, 15) is 8.42 Å². The number of aromatic nitrogens is 1. The third-order valence-electron chi connectivity index (χ3n) is 1.36. The molecule has 1 rings (SSSR count). The average Bonchev–Trinajstić information content (AvgIpc) is 2.01. The molecule has 0 saturated carbocycles. The van der Waals surface area contributed by atoms with Crippen molar-refractivity contribution in [3.63, 3.8) is 0 Å². The quantitative estimate of drug-likeness (QED) is 0.632. The molecule has 0 bridgehead atoms. The molecule has 0 atom stereocenters. The van der Waals surface area contributed by atoms with Crippen LogP contribution >= 0.6 is 27.5 Å². The highest BCUT2D eigenvalue weighted by molar-refractivity contribution is 9.10. The Hall–Kier alpha value is -0.170. The first-order valence-corrected chi connectivity index (χ1v) is 6.52. The Bertz CT molecular complexity index is 414. The molecule has 0 aliphatic heterocycles. The predicted octanol–water partition coefficient (Wildman–Crippen LogP) is 1.97. The maximum atomic E-state index is 10.7. The van der Waals surface area contributed by atoms with Gasteiger partial charge < -0.3 is 0 Å². The van der Waals surface area contributed by atoms with Crippen LogP contribution in [0.5, 0.6) is 0 Å². The number of hydrogen-bond acceptors (Lipinski definition) is 4. The summed E-state index contributed by atoms with van der Waals surface area (Å²) in [4.78, 5) is 3.90. The molecule has 0 unspecified atom stereocenters. The highest BCUT2D eigenvalue weighted by Crippen LogP contribution is 2.23. The van der Waals surface area contributed by atoms with Gasteiger partial charge in [0.2, 0.25) is 0 Å². The van der Waals surface area contributed by atoms with Gasteiger partial charge in [0.05, 0.1) is 17.9 Å². The van der Waals surface area contributed by atoms with Crippen molar-refractivity contribution in [2.24, 2.45) is 0 Å². The molecule has 78 valence electrons. The molecule has 1 heterocycles. The molecular formula is C7H7BrClNO3S. The summed E-state index contributed by atoms with van der Waals surface area (Å²) in [6, 6.07) is 1.56. The van der Waals surface area contributed by atoms with Crippen LogP contribution in [0.1, 0.15) is 5.56 Å². The van der Waals surface area contributed by atoms with Gasteiger partial charge in [-0.1, -0.05) is 11.6 Å². The average molecular weight is 301 g/mol. The van der Waals surface area contributed by atoms with E-state index >= 15 is 0 Å². The molecule has 1 aromatic heterocycles. The van der Waals surface area contributed by atoms with Gasteiger partial charge in [0.25, 0.3) is 10.1 Å². The molecule has 0 saturated heterocycles. The van der Waals surface area contributed by atoms with Crippen LogP contribution < -0.4 is 0 Å². The van der Waals surface area contributed by atoms with Crippen molar-refractivity contribution < 1.29 is 12.6 Å². The predicted molar refractivity (Wildman–Crippen MR) is 56.6 cm³/mol. The van der Waals surface area contributed by atoms with E-state index in [2.05, 4.69) is 25.1 Å². The second-order valence-corrected chi connectivity index (χ2v) is 5.33. The van der Waals surface area contributed by atoms with Crippen molar-refractivity contribution in [2.75, 3.05) is 6.26 Å². The fraction of sp³-hybridized carbons (Fsp3) is 0.286. The lowest BCUT2D eigenvalue weighted by Crippen LogP contribution is -2.04. The molecule has 0 fully saturated rings. The summed E-state index contributed by atoms with van der Waals surface area (Å²) < 4.78 is 26.5. The van der Waals surface area contributed by atoms with E-state index in [0.717, 1.165) is 6.26 Å². The summed E-state index contributed by atoms with van der Waals surface area (Å²) >= 11 is 8.96. The van der Waals surface area contributed by atoms with Crippen LogP contribution in [0.4, 0.5) is 0 Å². The summed E-state index contributed by atoms with van der Waals surface area (Å²) in [6.07, 6.45) is 2.49. The zero-order valence-electron chi connectivity index (χ0n) is 7.20. The SMILES string of the molecule is CS(=O)(=O)OCc1c(Cl)ccnc1Br. The minimum atomic E-state index is -3.46. The van der Waals surface area contributed by atoms with Crippen LogP contribution in [0.15, 0.2) is 16.9 Å². The van der Waals surface area contributed by atoms with Crippen molar-refractivity contribution in [3.05, 3.63) is 27.5 Å². The van der Waals surface area contributed by atoms with Gasteiger partial charge in [-0.2, -0.15) is 8.42 Å². The van der Waals surface area contributed by atoms with Crippen molar-refractivity contribution in [2.45, 2.75) is 6.61 Å². The summed E-state index contributed by atoms with van der Waals surface area (Å²) in [5.41, 5.74) is 0.514. The van der Waals surface area contributed by atoms with Gasteiger partial charge in [0.15, 0.2) is 0 Å². The first-order valence-electron chi connectivity index (χ1n) is 3.53. The van der Waals surface area contributed by atoms with E-state index in [0.29, 0.717) is 15.2 Å². The second kappa shape index (κ2) is 4.57. The van der Waals surface area contributed by atoms with E-state index in [1.54, 1.807) is 6.07 Å². The van der Waals surface area contributed by atoms with E-state index in [4.69, 9.17) is 11.6 Å². The number of rotatable bonds is 3. The Morgan fingerprint density at radius 3 is 2.79 bits per heavy atom. The van der Waals surface area contributed by atoms with E-state index in [-0.39, 0.29) is 6.61 Å². The molecule has 0 aromatic carbocycles. The summed E-state index contributed by atoms with van der Waals surface area (Å²) in [6.45, 7) is -0.119. The molecule has 0 radical (unpaired) electrons. The van der Waals surface area contributed by atoms with E-state index in [1.807, 2.05) is 0 Å². The third kappa shape index (κ3) is 3.53. The Morgan fingerprint density at radius 1 is 1.64 bits per heavy atom. The molecule has 0 aliphatic carbocycles. The number of halogens is 2. The maximum absolute atomic E-state index is 10.7. The first kappa shape index (κ1) is 11.9. The lowest BCUT2D eigenvalue weighted by atomic mass is 10.3. The smallest absolute Gasteiger partial charge is 0.264 e. The van der Waals surface area contributed by atoms with E-state index < -0.39 is 10.1 Å². The maximum Gasteiger partial charge on any atom is 0.264 e. The van der Waals surface area contributed by atoms with Gasteiger partial charge in [-0.3, -0.25) is 4.18 Å². The molecule has 14 heavy (non-hydrogen) atoms. The van der Waals surface area contributed by atoms with Crippen LogP contribution in [0.3, 0.4) is 0 Å². The molecule has 0 N–H and O–H groups in total. The van der Waals surface area contributed by atoms with Crippen LogP contribution in [-0.4, -0.2) is 19.7 Å². The lowest BCUT2D eigenvalue weighted by molar-refractivity contribution is 0.310. The molecule has 0 spiro atoms. The first-order chi connectivity index (χ1) is 6.40. The summed E-state index contributed by atoms with van der Waals surface area (Å²) in [7, 11) is -3.46. The molecule has 7 heteroatoms. The van der Waals surface area contributed by atoms with Crippen molar-refractivity contribution in [1.29, 1.82) is 0 Å². The zero-order chi connectivity index (χ0) is 10.8. The summed E-state index contributed by atoms with van der Waals surface area (Å²) in [5.74, 6) is 0. The van der Waals surface area contributed by atoms with Crippen LogP contribution in [-0.2, 0) is 20.9 Å². The fourth-order valence-electron chi connectivity index (χ4n) is 0.740. The Kier molecular flexibility index (Phi) is 3.88. The third-order valence-corrected chi connectivity index (χ3v) is 2.95. The number of hydrogen-bond donors (Lipinski definition) is 0. The van der Waals surface area contributed by atoms with Gasteiger partial charge in [0, 0.05) is 11.8 Å². The fourth-order valence-corrected chi connectivity index (χ4v) is 1.83. The number of pyridine rings is 1. The zero-order valence-corrected chi connectivity index (χ0v) is 10.4. The van der Waals surface area contributed by atoms with Crippen LogP contribution in [0, 0.1) is 0 Å². The summed E-state index contributed by atoms with van der Waals surface area (Å²) in [5, 5.41) is 0.413. The Labute approximate surface area is 95.5 Å². The van der Waals surface area contributed by atoms with Gasteiger partial charge in [-0.05, 0) is 22.0 Å². The number of nitrogens with zero attached hydrogens (tertiary/aromatic N) is 1. The minimum Gasteiger partial charge on any atom is -0.265 e. The highest BCUT2D eigenvalue weighted by Gasteiger charge is 2.09. The van der Waals surface area contributed by atoms with Crippen molar-refractivity contribution >= 4 is 37.6 Å². The van der Waals surface area contributed by atoms with Gasteiger partial charge in [0.1, 0.15) is 4.60 Å². The molecular weight excluding hydrogens is 294 g/mol. The topological polar surface area (TPSA) is 56.3 Å². The second-order valence-electron chi connectivity index (χ2n) is 2.53. The van der Waals surface area contributed by atoms with Gasteiger partial charge in [-0.25, -0.2) is 4.98 Å². The van der Waals surface area contributed by atoms with Gasteiger partial charge in [-0.15, -0.1) is 0 Å². The standard InChI is InChI=1S/C7H7BrClNO3S/c1-14(11,12)13-4-5-6(9)2-3-10-7(5)8/h2-3H,4H2,1H3. The molecule has 0 amide bonds. The molecule has 1 aromatic rings. The van der Waals surface area contributed by atoms with Crippen molar-refractivity contribution in [3.8, 4) is 0 Å².